The van der Waals surface area contributed by atoms with Crippen molar-refractivity contribution in [3.05, 3.63) is 22.7 Å². The number of ether oxygens (including phenoxy) is 2. The number of hydrogen-bond donors (Lipinski definition) is 1. The van der Waals surface area contributed by atoms with Crippen LogP contribution in [0, 0.1) is 0 Å². The van der Waals surface area contributed by atoms with E-state index in [-0.39, 0.29) is 38.1 Å². The highest BCUT2D eigenvalue weighted by Crippen LogP contribution is 2.34. The van der Waals surface area contributed by atoms with Crippen molar-refractivity contribution in [1.82, 2.24) is 4.90 Å². The summed E-state index contributed by atoms with van der Waals surface area (Å²) in [6.45, 7) is 0.123. The highest BCUT2D eigenvalue weighted by Gasteiger charge is 2.32. The Balaban J connectivity index is 1.74. The van der Waals surface area contributed by atoms with Gasteiger partial charge in [0.2, 0.25) is 5.91 Å². The maximum absolute atomic E-state index is 12.5. The first-order chi connectivity index (χ1) is 11.5. The van der Waals surface area contributed by atoms with Gasteiger partial charge < -0.3 is 19.5 Å². The Kier molecular flexibility index (Phi) is 4.72. The molecule has 2 aliphatic rings. The van der Waals surface area contributed by atoms with E-state index in [1.54, 1.807) is 18.2 Å². The summed E-state index contributed by atoms with van der Waals surface area (Å²) >= 11 is 3.33. The largest absolute Gasteiger partial charge is 0.482 e. The second-order valence-electron chi connectivity index (χ2n) is 5.42. The monoisotopic (exact) mass is 398 g/mol. The van der Waals surface area contributed by atoms with Crippen molar-refractivity contribution in [3.8, 4) is 5.75 Å². The predicted molar refractivity (Wildman–Crippen MR) is 85.9 cm³/mol. The predicted octanol–water partition coefficient (Wildman–Crippen LogP) is 0.486. The number of morpholine rings is 1. The molecule has 0 aliphatic carbocycles. The van der Waals surface area contributed by atoms with Gasteiger partial charge in [-0.1, -0.05) is 15.9 Å². The molecule has 1 aromatic carbocycles. The zero-order chi connectivity index (χ0) is 17.3. The number of carboxylic acid groups (broad SMARTS) is 1. The molecule has 128 valence electrons. The van der Waals surface area contributed by atoms with E-state index in [2.05, 4.69) is 15.9 Å². The van der Waals surface area contributed by atoms with E-state index < -0.39 is 12.1 Å². The lowest BCUT2D eigenvalue weighted by molar-refractivity contribution is -0.159. The molecule has 2 amide bonds. The van der Waals surface area contributed by atoms with Crippen molar-refractivity contribution in [3.63, 3.8) is 0 Å². The summed E-state index contributed by atoms with van der Waals surface area (Å²) in [5.74, 6) is -1.23. The molecule has 1 fully saturated rings. The number of halogens is 1. The topological polar surface area (TPSA) is 96.4 Å². The van der Waals surface area contributed by atoms with E-state index in [4.69, 9.17) is 14.6 Å². The molecule has 0 radical (unpaired) electrons. The Labute approximate surface area is 146 Å². The molecular formula is C15H15BrN2O6. The average molecular weight is 399 g/mol. The Hall–Kier alpha value is -2.13. The minimum Gasteiger partial charge on any atom is -0.482 e. The quantitative estimate of drug-likeness (QED) is 0.795. The zero-order valence-corrected chi connectivity index (χ0v) is 14.2. The van der Waals surface area contributed by atoms with Crippen molar-refractivity contribution in [2.75, 3.05) is 37.7 Å². The summed E-state index contributed by atoms with van der Waals surface area (Å²) in [5.41, 5.74) is 0.519. The van der Waals surface area contributed by atoms with Gasteiger partial charge in [0.25, 0.3) is 5.91 Å². The molecule has 24 heavy (non-hydrogen) atoms. The number of rotatable bonds is 3. The van der Waals surface area contributed by atoms with E-state index in [0.29, 0.717) is 18.0 Å². The smallest absolute Gasteiger partial charge is 0.334 e. The molecule has 1 atom stereocenters. The molecule has 1 saturated heterocycles. The summed E-state index contributed by atoms with van der Waals surface area (Å²) in [4.78, 5) is 38.4. The number of anilines is 1. The van der Waals surface area contributed by atoms with Gasteiger partial charge in [-0.25, -0.2) is 4.79 Å². The number of fused-ring (bicyclic) bond motifs is 1. The molecule has 1 N–H and O–H groups in total. The first-order valence-electron chi connectivity index (χ1n) is 7.30. The fraction of sp³-hybridized carbons (Fsp3) is 0.400. The van der Waals surface area contributed by atoms with Crippen molar-refractivity contribution in [2.24, 2.45) is 0 Å². The minimum absolute atomic E-state index is 0.0279. The second-order valence-corrected chi connectivity index (χ2v) is 6.33. The molecule has 2 heterocycles. The third-order valence-electron chi connectivity index (χ3n) is 3.85. The van der Waals surface area contributed by atoms with Crippen molar-refractivity contribution in [1.29, 1.82) is 0 Å². The Morgan fingerprint density at radius 3 is 2.92 bits per heavy atom. The maximum atomic E-state index is 12.5. The first kappa shape index (κ1) is 16.7. The van der Waals surface area contributed by atoms with Gasteiger partial charge in [-0.05, 0) is 18.2 Å². The molecule has 9 heteroatoms. The molecule has 1 unspecified atom stereocenters. The lowest BCUT2D eigenvalue weighted by Crippen LogP contribution is -2.52. The number of carboxylic acids is 1. The van der Waals surface area contributed by atoms with Crippen LogP contribution in [-0.4, -0.2) is 66.7 Å². The standard InChI is InChI=1S/C15H15BrN2O6/c16-9-1-2-10-11(5-9)24-8-14(20)18(10)7-13(19)17-3-4-23-12(6-17)15(21)22/h1-2,5,12H,3-4,6-8H2,(H,21,22). The van der Waals surface area contributed by atoms with Crippen molar-refractivity contribution < 1.29 is 29.0 Å². The maximum Gasteiger partial charge on any atom is 0.334 e. The third kappa shape index (κ3) is 3.36. The average Bonchev–Trinajstić information content (AvgIpc) is 2.57. The molecule has 8 nitrogen and oxygen atoms in total. The number of nitrogens with zero attached hydrogens (tertiary/aromatic N) is 2. The molecule has 0 aromatic heterocycles. The summed E-state index contributed by atoms with van der Waals surface area (Å²) in [6.07, 6.45) is -1.04. The van der Waals surface area contributed by atoms with Crippen LogP contribution in [0.25, 0.3) is 0 Å². The molecule has 2 aliphatic heterocycles. The van der Waals surface area contributed by atoms with E-state index in [1.807, 2.05) is 0 Å². The number of carbonyl (C=O) groups excluding carboxylic acids is 2. The summed E-state index contributed by atoms with van der Waals surface area (Å²) in [7, 11) is 0. The van der Waals surface area contributed by atoms with Gasteiger partial charge in [0.05, 0.1) is 18.8 Å². The molecule has 0 saturated carbocycles. The van der Waals surface area contributed by atoms with Gasteiger partial charge in [0.15, 0.2) is 12.7 Å². The number of benzene rings is 1. The van der Waals surface area contributed by atoms with Gasteiger partial charge in [-0.15, -0.1) is 0 Å². The third-order valence-corrected chi connectivity index (χ3v) is 4.35. The van der Waals surface area contributed by atoms with Crippen LogP contribution in [0.4, 0.5) is 5.69 Å². The highest BCUT2D eigenvalue weighted by molar-refractivity contribution is 9.10. The van der Waals surface area contributed by atoms with Crippen LogP contribution in [0.15, 0.2) is 22.7 Å². The Bertz CT molecular complexity index is 695. The lowest BCUT2D eigenvalue weighted by Gasteiger charge is -2.34. The van der Waals surface area contributed by atoms with Crippen LogP contribution >= 0.6 is 15.9 Å². The molecule has 0 spiro atoms. The normalized spacial score (nSPS) is 20.4. The fourth-order valence-corrected chi connectivity index (χ4v) is 2.95. The van der Waals surface area contributed by atoms with Crippen LogP contribution in [0.2, 0.25) is 0 Å². The van der Waals surface area contributed by atoms with E-state index in [1.165, 1.54) is 9.80 Å². The van der Waals surface area contributed by atoms with Gasteiger partial charge >= 0.3 is 5.97 Å². The highest BCUT2D eigenvalue weighted by atomic mass is 79.9. The van der Waals surface area contributed by atoms with Gasteiger partial charge in [0.1, 0.15) is 12.3 Å². The van der Waals surface area contributed by atoms with Gasteiger partial charge in [0, 0.05) is 11.0 Å². The van der Waals surface area contributed by atoms with Crippen molar-refractivity contribution in [2.45, 2.75) is 6.10 Å². The SMILES string of the molecule is O=C(O)C1CN(C(=O)CN2C(=O)COc3cc(Br)ccc32)CCO1. The number of hydrogen-bond acceptors (Lipinski definition) is 5. The number of aliphatic carboxylic acids is 1. The van der Waals surface area contributed by atoms with Gasteiger partial charge in [-0.2, -0.15) is 0 Å². The Morgan fingerprint density at radius 1 is 1.38 bits per heavy atom. The zero-order valence-electron chi connectivity index (χ0n) is 12.6. The molecular weight excluding hydrogens is 384 g/mol. The van der Waals surface area contributed by atoms with Crippen LogP contribution in [-0.2, 0) is 19.1 Å². The fourth-order valence-electron chi connectivity index (χ4n) is 2.61. The summed E-state index contributed by atoms with van der Waals surface area (Å²) in [5, 5.41) is 9.01. The molecule has 3 rings (SSSR count). The van der Waals surface area contributed by atoms with E-state index in [9.17, 15) is 14.4 Å². The van der Waals surface area contributed by atoms with Gasteiger partial charge in [-0.3, -0.25) is 14.5 Å². The molecule has 0 bridgehead atoms. The molecule has 1 aromatic rings. The van der Waals surface area contributed by atoms with E-state index >= 15 is 0 Å². The van der Waals surface area contributed by atoms with E-state index in [0.717, 1.165) is 4.47 Å². The van der Waals surface area contributed by atoms with Crippen LogP contribution in [0.3, 0.4) is 0 Å². The second kappa shape index (κ2) is 6.78. The number of carbonyl (C=O) groups is 3. The Morgan fingerprint density at radius 2 is 2.17 bits per heavy atom. The number of amides is 2. The first-order valence-corrected chi connectivity index (χ1v) is 8.10. The van der Waals surface area contributed by atoms with Crippen LogP contribution in [0.5, 0.6) is 5.75 Å². The van der Waals surface area contributed by atoms with Crippen LogP contribution in [0.1, 0.15) is 0 Å². The minimum atomic E-state index is -1.11. The lowest BCUT2D eigenvalue weighted by atomic mass is 10.2. The van der Waals surface area contributed by atoms with Crippen molar-refractivity contribution >= 4 is 39.4 Å². The summed E-state index contributed by atoms with van der Waals surface area (Å²) < 4.78 is 11.3. The summed E-state index contributed by atoms with van der Waals surface area (Å²) in [6, 6.07) is 5.19. The van der Waals surface area contributed by atoms with Crippen LogP contribution < -0.4 is 9.64 Å².